The first kappa shape index (κ1) is 14.8. The van der Waals surface area contributed by atoms with E-state index in [1.54, 1.807) is 11.3 Å². The summed E-state index contributed by atoms with van der Waals surface area (Å²) in [6.07, 6.45) is 3.40. The summed E-state index contributed by atoms with van der Waals surface area (Å²) >= 11 is 1.66. The van der Waals surface area contributed by atoms with Crippen molar-refractivity contribution in [3.63, 3.8) is 0 Å². The third-order valence-corrected chi connectivity index (χ3v) is 5.74. The molecule has 1 aliphatic carbocycles. The predicted molar refractivity (Wildman–Crippen MR) is 89.8 cm³/mol. The van der Waals surface area contributed by atoms with E-state index in [0.29, 0.717) is 12.5 Å². The normalized spacial score (nSPS) is 21.2. The molecule has 2 aliphatic rings. The summed E-state index contributed by atoms with van der Waals surface area (Å²) in [5, 5.41) is 12.9. The fourth-order valence-electron chi connectivity index (χ4n) is 3.50. The van der Waals surface area contributed by atoms with Gasteiger partial charge in [-0.2, -0.15) is 0 Å². The highest BCUT2D eigenvalue weighted by Crippen LogP contribution is 2.40. The lowest BCUT2D eigenvalue weighted by molar-refractivity contribution is -0.144. The van der Waals surface area contributed by atoms with Gasteiger partial charge in [0.25, 0.3) is 0 Å². The molecule has 120 valence electrons. The number of aryl methyl sites for hydroxylation is 1. The molecule has 1 fully saturated rings. The maximum atomic E-state index is 11.9. The number of rotatable bonds is 4. The van der Waals surface area contributed by atoms with Gasteiger partial charge < -0.3 is 5.11 Å². The minimum absolute atomic E-state index is 0.563. The van der Waals surface area contributed by atoms with Crippen molar-refractivity contribution in [3.05, 3.63) is 51.0 Å². The molecule has 4 nitrogen and oxygen atoms in total. The van der Waals surface area contributed by atoms with Gasteiger partial charge in [-0.15, -0.1) is 11.3 Å². The zero-order valence-corrected chi connectivity index (χ0v) is 14.0. The molecule has 5 heteroatoms. The number of nitrogens with zero attached hydrogens (tertiary/aromatic N) is 2. The molecule has 0 amide bonds. The van der Waals surface area contributed by atoms with E-state index in [1.165, 1.54) is 29.7 Å². The van der Waals surface area contributed by atoms with Crippen LogP contribution in [0.25, 0.3) is 0 Å². The number of benzene rings is 1. The van der Waals surface area contributed by atoms with Crippen LogP contribution in [0.2, 0.25) is 0 Å². The van der Waals surface area contributed by atoms with Crippen molar-refractivity contribution in [3.8, 4) is 0 Å². The average Bonchev–Trinajstić information content (AvgIpc) is 3.27. The van der Waals surface area contributed by atoms with Crippen LogP contribution in [0.1, 0.15) is 52.2 Å². The average molecular weight is 328 g/mol. The van der Waals surface area contributed by atoms with Crippen LogP contribution < -0.4 is 0 Å². The Balaban J connectivity index is 1.61. The van der Waals surface area contributed by atoms with Crippen LogP contribution in [0.15, 0.2) is 23.6 Å². The zero-order valence-electron chi connectivity index (χ0n) is 13.2. The summed E-state index contributed by atoms with van der Waals surface area (Å²) < 4.78 is 0. The Bertz CT molecular complexity index is 751. The maximum absolute atomic E-state index is 11.9. The number of aromatic nitrogens is 1. The summed E-state index contributed by atoms with van der Waals surface area (Å²) in [6.45, 7) is 3.46. The lowest BCUT2D eigenvalue weighted by atomic mass is 9.89. The van der Waals surface area contributed by atoms with Crippen molar-refractivity contribution in [1.82, 2.24) is 9.88 Å². The molecule has 0 saturated heterocycles. The molecule has 2 aromatic rings. The van der Waals surface area contributed by atoms with Crippen LogP contribution in [-0.4, -0.2) is 27.5 Å². The highest BCUT2D eigenvalue weighted by atomic mass is 32.1. The first-order chi connectivity index (χ1) is 11.1. The SMILES string of the molecule is Cc1cccc2c1CCN(Cc1nc(C3CC3)cs1)C2C(=O)O. The number of fused-ring (bicyclic) bond motifs is 1. The van der Waals surface area contributed by atoms with Crippen molar-refractivity contribution in [2.45, 2.75) is 44.7 Å². The van der Waals surface area contributed by atoms with Crippen molar-refractivity contribution >= 4 is 17.3 Å². The van der Waals surface area contributed by atoms with Crippen LogP contribution in [-0.2, 0) is 17.8 Å². The lowest BCUT2D eigenvalue weighted by Gasteiger charge is -2.34. The first-order valence-corrected chi connectivity index (χ1v) is 9.01. The number of carboxylic acids is 1. The largest absolute Gasteiger partial charge is 0.480 e. The van der Waals surface area contributed by atoms with Gasteiger partial charge in [-0.3, -0.25) is 9.69 Å². The van der Waals surface area contributed by atoms with E-state index >= 15 is 0 Å². The Kier molecular flexibility index (Phi) is 3.70. The van der Waals surface area contributed by atoms with E-state index in [1.807, 2.05) is 12.1 Å². The number of carbonyl (C=O) groups is 1. The Morgan fingerprint density at radius 1 is 1.43 bits per heavy atom. The van der Waals surface area contributed by atoms with Gasteiger partial charge >= 0.3 is 5.97 Å². The zero-order chi connectivity index (χ0) is 16.0. The molecule has 1 atom stereocenters. The number of hydrogen-bond acceptors (Lipinski definition) is 4. The Morgan fingerprint density at radius 2 is 2.26 bits per heavy atom. The highest BCUT2D eigenvalue weighted by molar-refractivity contribution is 7.09. The molecular weight excluding hydrogens is 308 g/mol. The van der Waals surface area contributed by atoms with Crippen molar-refractivity contribution < 1.29 is 9.90 Å². The van der Waals surface area contributed by atoms with Gasteiger partial charge in [0.05, 0.1) is 12.2 Å². The van der Waals surface area contributed by atoms with E-state index < -0.39 is 12.0 Å². The van der Waals surface area contributed by atoms with Crippen LogP contribution in [0, 0.1) is 6.92 Å². The van der Waals surface area contributed by atoms with Gasteiger partial charge in [0.1, 0.15) is 11.0 Å². The summed E-state index contributed by atoms with van der Waals surface area (Å²) in [6, 6.07) is 5.43. The fourth-order valence-corrected chi connectivity index (χ4v) is 4.40. The van der Waals surface area contributed by atoms with Crippen LogP contribution in [0.4, 0.5) is 0 Å². The number of thiazole rings is 1. The smallest absolute Gasteiger partial charge is 0.325 e. The second kappa shape index (κ2) is 5.73. The Hall–Kier alpha value is -1.72. The molecule has 1 N–H and O–H groups in total. The topological polar surface area (TPSA) is 53.4 Å². The molecule has 4 rings (SSSR count). The third kappa shape index (κ3) is 2.79. The van der Waals surface area contributed by atoms with Gasteiger partial charge in [-0.1, -0.05) is 18.2 Å². The molecule has 1 aliphatic heterocycles. The molecule has 2 heterocycles. The fraction of sp³-hybridized carbons (Fsp3) is 0.444. The molecule has 1 aromatic heterocycles. The standard InChI is InChI=1S/C18H20N2O2S/c1-11-3-2-4-14-13(11)7-8-20(17(14)18(21)22)9-16-19-15(10-23-16)12-5-6-12/h2-4,10,12,17H,5-9H2,1H3,(H,21,22). The van der Waals surface area contributed by atoms with E-state index in [4.69, 9.17) is 4.98 Å². The number of aliphatic carboxylic acids is 1. The van der Waals surface area contributed by atoms with Crippen LogP contribution >= 0.6 is 11.3 Å². The van der Waals surface area contributed by atoms with E-state index in [-0.39, 0.29) is 0 Å². The molecule has 1 unspecified atom stereocenters. The first-order valence-electron chi connectivity index (χ1n) is 8.13. The monoisotopic (exact) mass is 328 g/mol. The molecule has 23 heavy (non-hydrogen) atoms. The van der Waals surface area contributed by atoms with Crippen LogP contribution in [0.5, 0.6) is 0 Å². The van der Waals surface area contributed by atoms with Gasteiger partial charge in [0, 0.05) is 17.8 Å². The van der Waals surface area contributed by atoms with Crippen LogP contribution in [0.3, 0.4) is 0 Å². The summed E-state index contributed by atoms with van der Waals surface area (Å²) in [5.41, 5.74) is 4.54. The molecular formula is C18H20N2O2S. The lowest BCUT2D eigenvalue weighted by Crippen LogP contribution is -2.39. The minimum Gasteiger partial charge on any atom is -0.480 e. The summed E-state index contributed by atoms with van der Waals surface area (Å²) in [4.78, 5) is 18.7. The minimum atomic E-state index is -0.768. The van der Waals surface area contributed by atoms with Gasteiger partial charge in [0.2, 0.25) is 0 Å². The van der Waals surface area contributed by atoms with E-state index in [0.717, 1.165) is 23.5 Å². The number of hydrogen-bond donors (Lipinski definition) is 1. The van der Waals surface area contributed by atoms with Crippen molar-refractivity contribution in [2.75, 3.05) is 6.54 Å². The molecule has 0 bridgehead atoms. The number of carboxylic acid groups (broad SMARTS) is 1. The summed E-state index contributed by atoms with van der Waals surface area (Å²) in [5.74, 6) is -0.115. The Morgan fingerprint density at radius 3 is 3.00 bits per heavy atom. The Labute approximate surface area is 139 Å². The summed E-state index contributed by atoms with van der Waals surface area (Å²) in [7, 11) is 0. The van der Waals surface area contributed by atoms with Crippen molar-refractivity contribution in [1.29, 1.82) is 0 Å². The van der Waals surface area contributed by atoms with Gasteiger partial charge in [-0.05, 0) is 42.9 Å². The molecule has 1 aromatic carbocycles. The quantitative estimate of drug-likeness (QED) is 0.933. The maximum Gasteiger partial charge on any atom is 0.325 e. The second-order valence-corrected chi connectivity index (χ2v) is 7.49. The van der Waals surface area contributed by atoms with E-state index in [9.17, 15) is 9.90 Å². The van der Waals surface area contributed by atoms with Gasteiger partial charge in [0.15, 0.2) is 0 Å². The second-order valence-electron chi connectivity index (χ2n) is 6.54. The third-order valence-electron chi connectivity index (χ3n) is 4.89. The molecule has 1 saturated carbocycles. The van der Waals surface area contributed by atoms with E-state index in [2.05, 4.69) is 23.3 Å². The van der Waals surface area contributed by atoms with Gasteiger partial charge in [-0.25, -0.2) is 4.98 Å². The molecule has 0 radical (unpaired) electrons. The highest BCUT2D eigenvalue weighted by Gasteiger charge is 2.34. The predicted octanol–water partition coefficient (Wildman–Crippen LogP) is 3.51. The van der Waals surface area contributed by atoms with Crippen molar-refractivity contribution in [2.24, 2.45) is 0 Å². The molecule has 0 spiro atoms.